The molecule has 0 aliphatic carbocycles. The van der Waals surface area contributed by atoms with Gasteiger partial charge in [0.25, 0.3) is 0 Å². The highest BCUT2D eigenvalue weighted by atomic mass is 19.1. The molecule has 0 unspecified atom stereocenters. The summed E-state index contributed by atoms with van der Waals surface area (Å²) in [4.78, 5) is 14.6. The van der Waals surface area contributed by atoms with Gasteiger partial charge >= 0.3 is 0 Å². The van der Waals surface area contributed by atoms with E-state index < -0.39 is 23.3 Å². The van der Waals surface area contributed by atoms with E-state index in [0.29, 0.717) is 30.8 Å². The maximum Gasteiger partial charge on any atom is 0.170 e. The minimum atomic E-state index is -0.713. The number of Topliss-reactive ketones (excluding diaryl/α,β-unsaturated/α-hetero) is 1. The molecule has 0 aromatic heterocycles. The number of ether oxygens (including phenoxy) is 1. The zero-order valence-electron chi connectivity index (χ0n) is 14.5. The molecule has 138 valence electrons. The zero-order chi connectivity index (χ0) is 18.7. The largest absolute Gasteiger partial charge is 0.497 e. The van der Waals surface area contributed by atoms with Crippen molar-refractivity contribution < 1.29 is 22.7 Å². The van der Waals surface area contributed by atoms with E-state index in [-0.39, 0.29) is 11.4 Å². The molecule has 0 amide bonds. The lowest BCUT2D eigenvalue weighted by molar-refractivity contribution is 0.0806. The second kappa shape index (κ2) is 7.91. The Kier molecular flexibility index (Phi) is 5.61. The van der Waals surface area contributed by atoms with Crippen LogP contribution in [0.3, 0.4) is 0 Å². The van der Waals surface area contributed by atoms with Crippen LogP contribution in [0, 0.1) is 23.4 Å². The molecule has 1 aliphatic heterocycles. The Morgan fingerprint density at radius 2 is 1.96 bits per heavy atom. The molecule has 1 fully saturated rings. The molecular formula is C20H20F3NO2. The van der Waals surface area contributed by atoms with Crippen molar-refractivity contribution in [2.45, 2.75) is 19.4 Å². The van der Waals surface area contributed by atoms with Gasteiger partial charge in [0, 0.05) is 30.6 Å². The average Bonchev–Trinajstić information content (AvgIpc) is 2.65. The lowest BCUT2D eigenvalue weighted by Crippen LogP contribution is -2.38. The fourth-order valence-corrected chi connectivity index (χ4v) is 3.34. The normalized spacial score (nSPS) is 17.9. The van der Waals surface area contributed by atoms with Gasteiger partial charge in [-0.1, -0.05) is 6.07 Å². The number of piperidine rings is 1. The molecule has 1 heterocycles. The maximum atomic E-state index is 14.1. The van der Waals surface area contributed by atoms with E-state index in [0.717, 1.165) is 31.2 Å². The lowest BCUT2D eigenvalue weighted by Gasteiger charge is -2.32. The Morgan fingerprint density at radius 1 is 1.15 bits per heavy atom. The van der Waals surface area contributed by atoms with Gasteiger partial charge in [0.2, 0.25) is 0 Å². The van der Waals surface area contributed by atoms with Gasteiger partial charge in [-0.25, -0.2) is 13.2 Å². The summed E-state index contributed by atoms with van der Waals surface area (Å²) in [7, 11) is 1.47. The number of nitrogens with zero attached hydrogens (tertiary/aromatic N) is 1. The second-order valence-electron chi connectivity index (χ2n) is 6.52. The molecule has 6 heteroatoms. The third-order valence-electron chi connectivity index (χ3n) is 4.72. The highest BCUT2D eigenvalue weighted by Crippen LogP contribution is 2.25. The minimum absolute atomic E-state index is 0.215. The number of halogens is 3. The van der Waals surface area contributed by atoms with Crippen molar-refractivity contribution in [3.8, 4) is 5.75 Å². The first-order valence-electron chi connectivity index (χ1n) is 8.52. The molecular weight excluding hydrogens is 343 g/mol. The Bertz CT molecular complexity index is 810. The quantitative estimate of drug-likeness (QED) is 0.746. The van der Waals surface area contributed by atoms with Crippen molar-refractivity contribution in [2.24, 2.45) is 5.92 Å². The predicted molar refractivity (Wildman–Crippen MR) is 91.6 cm³/mol. The van der Waals surface area contributed by atoms with Crippen molar-refractivity contribution >= 4 is 5.78 Å². The third-order valence-corrected chi connectivity index (χ3v) is 4.72. The molecule has 0 spiro atoms. The molecule has 3 rings (SSSR count). The molecule has 1 saturated heterocycles. The summed E-state index contributed by atoms with van der Waals surface area (Å²) in [6.45, 7) is 1.46. The first kappa shape index (κ1) is 18.5. The van der Waals surface area contributed by atoms with Crippen LogP contribution in [-0.4, -0.2) is 30.9 Å². The highest BCUT2D eigenvalue weighted by Gasteiger charge is 2.28. The van der Waals surface area contributed by atoms with E-state index in [1.54, 1.807) is 12.1 Å². The van der Waals surface area contributed by atoms with Crippen LogP contribution in [0.2, 0.25) is 0 Å². The summed E-state index contributed by atoms with van der Waals surface area (Å²) in [5, 5.41) is 0. The fourth-order valence-electron chi connectivity index (χ4n) is 3.34. The topological polar surface area (TPSA) is 29.5 Å². The van der Waals surface area contributed by atoms with Crippen LogP contribution in [0.25, 0.3) is 0 Å². The van der Waals surface area contributed by atoms with Crippen LogP contribution in [0.1, 0.15) is 28.8 Å². The number of likely N-dealkylation sites (tertiary alicyclic amines) is 1. The van der Waals surface area contributed by atoms with Gasteiger partial charge in [0.1, 0.15) is 23.2 Å². The molecule has 3 nitrogen and oxygen atoms in total. The van der Waals surface area contributed by atoms with Gasteiger partial charge in [-0.05, 0) is 43.7 Å². The van der Waals surface area contributed by atoms with Crippen LogP contribution in [-0.2, 0) is 6.54 Å². The summed E-state index contributed by atoms with van der Waals surface area (Å²) in [6.07, 6.45) is 1.35. The number of ketones is 1. The maximum absolute atomic E-state index is 14.1. The van der Waals surface area contributed by atoms with Crippen LogP contribution in [0.5, 0.6) is 5.75 Å². The van der Waals surface area contributed by atoms with E-state index in [9.17, 15) is 18.0 Å². The number of methoxy groups -OCH3 is 1. The average molecular weight is 363 g/mol. The Morgan fingerprint density at radius 3 is 2.69 bits per heavy atom. The Hall–Kier alpha value is -2.34. The lowest BCUT2D eigenvalue weighted by atomic mass is 9.89. The molecule has 26 heavy (non-hydrogen) atoms. The number of carbonyl (C=O) groups excluding carboxylic acids is 1. The van der Waals surface area contributed by atoms with E-state index in [2.05, 4.69) is 0 Å². The molecule has 1 atom stereocenters. The minimum Gasteiger partial charge on any atom is -0.497 e. The fraction of sp³-hybridized carbons (Fsp3) is 0.350. The van der Waals surface area contributed by atoms with Crippen molar-refractivity contribution in [3.05, 3.63) is 65.0 Å². The number of benzene rings is 2. The summed E-state index contributed by atoms with van der Waals surface area (Å²) in [6, 6.07) is 7.57. The number of hydrogen-bond donors (Lipinski definition) is 0. The highest BCUT2D eigenvalue weighted by molar-refractivity contribution is 5.98. The van der Waals surface area contributed by atoms with E-state index >= 15 is 0 Å². The summed E-state index contributed by atoms with van der Waals surface area (Å²) < 4.78 is 46.4. The van der Waals surface area contributed by atoms with E-state index in [1.807, 2.05) is 4.90 Å². The third kappa shape index (κ3) is 4.07. The number of rotatable bonds is 5. The summed E-state index contributed by atoms with van der Waals surface area (Å²) in [5.41, 5.74) is 0.295. The predicted octanol–water partition coefficient (Wildman–Crippen LogP) is 4.21. The van der Waals surface area contributed by atoms with Gasteiger partial charge in [-0.15, -0.1) is 0 Å². The van der Waals surface area contributed by atoms with Gasteiger partial charge in [-0.2, -0.15) is 0 Å². The van der Waals surface area contributed by atoms with Gasteiger partial charge < -0.3 is 4.74 Å². The zero-order valence-corrected chi connectivity index (χ0v) is 14.5. The van der Waals surface area contributed by atoms with Crippen LogP contribution in [0.15, 0.2) is 36.4 Å². The summed E-state index contributed by atoms with van der Waals surface area (Å²) >= 11 is 0. The number of carbonyl (C=O) groups is 1. The molecule has 2 aromatic carbocycles. The van der Waals surface area contributed by atoms with Crippen molar-refractivity contribution in [1.82, 2.24) is 4.90 Å². The SMILES string of the molecule is COc1ccc(CN2CCC[C@@H](C(=O)c3cc(F)ccc3F)C2)c(F)c1. The summed E-state index contributed by atoms with van der Waals surface area (Å²) in [5.74, 6) is -2.10. The van der Waals surface area contributed by atoms with Crippen molar-refractivity contribution in [1.29, 1.82) is 0 Å². The second-order valence-corrected chi connectivity index (χ2v) is 6.52. The molecule has 0 saturated carbocycles. The number of hydrogen-bond acceptors (Lipinski definition) is 3. The van der Waals surface area contributed by atoms with Crippen molar-refractivity contribution in [2.75, 3.05) is 20.2 Å². The van der Waals surface area contributed by atoms with E-state index in [1.165, 1.54) is 13.2 Å². The standard InChI is InChI=1S/C20H20F3NO2/c1-26-16-6-4-13(19(23)10-16)11-24-8-2-3-14(12-24)20(25)17-9-15(21)5-7-18(17)22/h4-7,9-10,14H,2-3,8,11-12H2,1H3/t14-/m1/s1. The molecule has 1 aliphatic rings. The van der Waals surface area contributed by atoms with Crippen LogP contribution >= 0.6 is 0 Å². The van der Waals surface area contributed by atoms with Gasteiger partial charge in [0.05, 0.1) is 12.7 Å². The smallest absolute Gasteiger partial charge is 0.170 e. The van der Waals surface area contributed by atoms with Gasteiger partial charge in [-0.3, -0.25) is 9.69 Å². The molecule has 0 bridgehead atoms. The molecule has 0 radical (unpaired) electrons. The first-order valence-corrected chi connectivity index (χ1v) is 8.52. The Balaban J connectivity index is 1.71. The monoisotopic (exact) mass is 363 g/mol. The Labute approximate surface area is 150 Å². The van der Waals surface area contributed by atoms with Gasteiger partial charge in [0.15, 0.2) is 5.78 Å². The van der Waals surface area contributed by atoms with Crippen LogP contribution in [0.4, 0.5) is 13.2 Å². The molecule has 0 N–H and O–H groups in total. The van der Waals surface area contributed by atoms with Crippen LogP contribution < -0.4 is 4.74 Å². The van der Waals surface area contributed by atoms with Crippen molar-refractivity contribution in [3.63, 3.8) is 0 Å². The first-order chi connectivity index (χ1) is 12.5. The molecule has 2 aromatic rings. The van der Waals surface area contributed by atoms with E-state index in [4.69, 9.17) is 4.74 Å².